The monoisotopic (exact) mass is 400 g/mol. The molecule has 0 amide bonds. The first-order valence-electron chi connectivity index (χ1n) is 9.96. The number of thiophene rings is 1. The predicted molar refractivity (Wildman–Crippen MR) is 122 cm³/mol. The highest BCUT2D eigenvalue weighted by Crippen LogP contribution is 2.42. The second-order valence-corrected chi connectivity index (χ2v) is 9.94. The summed E-state index contributed by atoms with van der Waals surface area (Å²) < 4.78 is 21.3. The molecule has 5 heteroatoms. The van der Waals surface area contributed by atoms with Gasteiger partial charge in [0.2, 0.25) is 0 Å². The summed E-state index contributed by atoms with van der Waals surface area (Å²) in [6.07, 6.45) is 0. The van der Waals surface area contributed by atoms with Crippen molar-refractivity contribution in [2.24, 2.45) is 0 Å². The van der Waals surface area contributed by atoms with Crippen molar-refractivity contribution in [3.8, 4) is 0 Å². The SMILES string of the molecule is CC1(C)OB(c2ccc3oc4ccc5sc6ccccc6c5c4c3c2)OC1(C)C. The third kappa shape index (κ3) is 2.38. The average Bonchev–Trinajstić information content (AvgIpc) is 3.29. The minimum atomic E-state index is -0.382. The van der Waals surface area contributed by atoms with Crippen molar-refractivity contribution in [2.75, 3.05) is 0 Å². The maximum absolute atomic E-state index is 6.28. The minimum absolute atomic E-state index is 0.359. The van der Waals surface area contributed by atoms with Gasteiger partial charge in [-0.25, -0.2) is 0 Å². The van der Waals surface area contributed by atoms with Crippen LogP contribution in [0.15, 0.2) is 59.0 Å². The molecule has 1 fully saturated rings. The van der Waals surface area contributed by atoms with Crippen molar-refractivity contribution in [1.29, 1.82) is 0 Å². The number of furan rings is 1. The Morgan fingerprint density at radius 3 is 2.24 bits per heavy atom. The Hall–Kier alpha value is -2.34. The second kappa shape index (κ2) is 5.63. The Bertz CT molecular complexity index is 1410. The first-order valence-corrected chi connectivity index (χ1v) is 10.8. The van der Waals surface area contributed by atoms with Gasteiger partial charge in [-0.3, -0.25) is 0 Å². The highest BCUT2D eigenvalue weighted by atomic mass is 32.1. The van der Waals surface area contributed by atoms with Crippen LogP contribution < -0.4 is 5.46 Å². The van der Waals surface area contributed by atoms with Crippen LogP contribution in [0.2, 0.25) is 0 Å². The van der Waals surface area contributed by atoms with E-state index in [1.54, 1.807) is 0 Å². The van der Waals surface area contributed by atoms with Gasteiger partial charge in [0.05, 0.1) is 11.2 Å². The summed E-state index contributed by atoms with van der Waals surface area (Å²) in [5, 5.41) is 4.84. The van der Waals surface area contributed by atoms with E-state index in [2.05, 4.69) is 76.2 Å². The van der Waals surface area contributed by atoms with E-state index in [1.807, 2.05) is 17.4 Å². The van der Waals surface area contributed by atoms with Crippen molar-refractivity contribution >= 4 is 66.0 Å². The fourth-order valence-corrected chi connectivity index (χ4v) is 5.34. The fraction of sp³-hybridized carbons (Fsp3) is 0.250. The van der Waals surface area contributed by atoms with Crippen LogP contribution in [0.4, 0.5) is 0 Å². The largest absolute Gasteiger partial charge is 0.494 e. The van der Waals surface area contributed by atoms with Crippen LogP contribution in [0.3, 0.4) is 0 Å². The van der Waals surface area contributed by atoms with Crippen LogP contribution >= 0.6 is 11.3 Å². The Morgan fingerprint density at radius 2 is 1.45 bits per heavy atom. The zero-order valence-corrected chi connectivity index (χ0v) is 17.7. The Labute approximate surface area is 173 Å². The minimum Gasteiger partial charge on any atom is -0.456 e. The van der Waals surface area contributed by atoms with Gasteiger partial charge in [-0.2, -0.15) is 0 Å². The van der Waals surface area contributed by atoms with Gasteiger partial charge in [0.25, 0.3) is 0 Å². The first-order chi connectivity index (χ1) is 13.8. The van der Waals surface area contributed by atoms with Gasteiger partial charge < -0.3 is 13.7 Å². The van der Waals surface area contributed by atoms with Crippen molar-refractivity contribution in [1.82, 2.24) is 0 Å². The summed E-state index contributed by atoms with van der Waals surface area (Å²) in [5.41, 5.74) is 2.12. The molecule has 3 nitrogen and oxygen atoms in total. The lowest BCUT2D eigenvalue weighted by Gasteiger charge is -2.32. The molecule has 0 saturated carbocycles. The molecular formula is C24H21BO3S. The quantitative estimate of drug-likeness (QED) is 0.312. The van der Waals surface area contributed by atoms with Gasteiger partial charge in [-0.1, -0.05) is 30.3 Å². The summed E-state index contributed by atoms with van der Waals surface area (Å²) in [6.45, 7) is 8.33. The van der Waals surface area contributed by atoms with Gasteiger partial charge in [0, 0.05) is 30.9 Å². The number of hydrogen-bond acceptors (Lipinski definition) is 4. The lowest BCUT2D eigenvalue weighted by atomic mass is 9.78. The molecule has 5 aromatic rings. The maximum atomic E-state index is 6.28. The van der Waals surface area contributed by atoms with Crippen LogP contribution in [0.1, 0.15) is 27.7 Å². The summed E-state index contributed by atoms with van der Waals surface area (Å²) in [7, 11) is -0.382. The third-order valence-electron chi connectivity index (χ3n) is 6.52. The van der Waals surface area contributed by atoms with Gasteiger partial charge in [-0.15, -0.1) is 11.3 Å². The van der Waals surface area contributed by atoms with E-state index in [9.17, 15) is 0 Å². The molecule has 0 unspecified atom stereocenters. The predicted octanol–water partition coefficient (Wildman–Crippen LogP) is 6.25. The number of fused-ring (bicyclic) bond motifs is 7. The van der Waals surface area contributed by atoms with E-state index in [4.69, 9.17) is 13.7 Å². The van der Waals surface area contributed by atoms with Crippen LogP contribution in [-0.4, -0.2) is 18.3 Å². The topological polar surface area (TPSA) is 31.6 Å². The molecule has 1 saturated heterocycles. The third-order valence-corrected chi connectivity index (χ3v) is 7.66. The molecule has 1 aliphatic heterocycles. The van der Waals surface area contributed by atoms with E-state index in [-0.39, 0.29) is 18.3 Å². The van der Waals surface area contributed by atoms with Crippen molar-refractivity contribution in [2.45, 2.75) is 38.9 Å². The summed E-state index contributed by atoms with van der Waals surface area (Å²) >= 11 is 1.83. The molecule has 6 rings (SSSR count). The normalized spacial score (nSPS) is 18.6. The molecule has 0 bridgehead atoms. The molecule has 0 spiro atoms. The number of rotatable bonds is 1. The van der Waals surface area contributed by atoms with Crippen LogP contribution in [-0.2, 0) is 9.31 Å². The molecule has 0 atom stereocenters. The van der Waals surface area contributed by atoms with E-state index < -0.39 is 0 Å². The molecule has 29 heavy (non-hydrogen) atoms. The molecule has 0 N–H and O–H groups in total. The molecule has 0 aliphatic carbocycles. The van der Waals surface area contributed by atoms with Gasteiger partial charge in [-0.05, 0) is 57.4 Å². The molecule has 2 aromatic heterocycles. The summed E-state index contributed by atoms with van der Waals surface area (Å²) in [5.74, 6) is 0. The fourth-order valence-electron chi connectivity index (χ4n) is 4.23. The highest BCUT2D eigenvalue weighted by Gasteiger charge is 2.51. The van der Waals surface area contributed by atoms with E-state index >= 15 is 0 Å². The summed E-state index contributed by atoms with van der Waals surface area (Å²) in [4.78, 5) is 0. The Balaban J connectivity index is 1.63. The van der Waals surface area contributed by atoms with Crippen LogP contribution in [0, 0.1) is 0 Å². The Kier molecular flexibility index (Phi) is 3.40. The molecule has 3 aromatic carbocycles. The lowest BCUT2D eigenvalue weighted by molar-refractivity contribution is 0.00578. The smallest absolute Gasteiger partial charge is 0.456 e. The lowest BCUT2D eigenvalue weighted by Crippen LogP contribution is -2.41. The van der Waals surface area contributed by atoms with Gasteiger partial charge in [0.1, 0.15) is 11.2 Å². The van der Waals surface area contributed by atoms with E-state index in [1.165, 1.54) is 25.6 Å². The first kappa shape index (κ1) is 17.5. The standard InChI is InChI=1S/C24H21BO3S/c1-23(2)24(3,4)28-25(27-23)14-9-10-17-16(13-14)21-18(26-17)11-12-20-22(21)15-7-5-6-8-19(15)29-20/h5-13H,1-4H3. The van der Waals surface area contributed by atoms with Crippen molar-refractivity contribution in [3.63, 3.8) is 0 Å². The van der Waals surface area contributed by atoms with Crippen LogP contribution in [0.5, 0.6) is 0 Å². The average molecular weight is 400 g/mol. The zero-order chi connectivity index (χ0) is 20.0. The Morgan fingerprint density at radius 1 is 0.724 bits per heavy atom. The van der Waals surface area contributed by atoms with Crippen molar-refractivity contribution in [3.05, 3.63) is 54.6 Å². The molecule has 0 radical (unpaired) electrons. The van der Waals surface area contributed by atoms with Gasteiger partial charge in [0.15, 0.2) is 0 Å². The van der Waals surface area contributed by atoms with E-state index in [0.29, 0.717) is 0 Å². The van der Waals surface area contributed by atoms with Gasteiger partial charge >= 0.3 is 7.12 Å². The molecular weight excluding hydrogens is 379 g/mol. The highest BCUT2D eigenvalue weighted by molar-refractivity contribution is 7.26. The van der Waals surface area contributed by atoms with Crippen LogP contribution in [0.25, 0.3) is 42.1 Å². The maximum Gasteiger partial charge on any atom is 0.494 e. The number of benzene rings is 3. The summed E-state index contributed by atoms with van der Waals surface area (Å²) in [6, 6.07) is 19.1. The van der Waals surface area contributed by atoms with Crippen molar-refractivity contribution < 1.29 is 13.7 Å². The zero-order valence-electron chi connectivity index (χ0n) is 16.9. The molecule has 1 aliphatic rings. The molecule has 144 valence electrons. The molecule has 3 heterocycles. The van der Waals surface area contributed by atoms with E-state index in [0.717, 1.165) is 22.0 Å². The second-order valence-electron chi connectivity index (χ2n) is 8.86. The number of hydrogen-bond donors (Lipinski definition) is 0.